The molecule has 1 N–H and O–H groups in total. The van der Waals surface area contributed by atoms with Crippen LogP contribution in [0.15, 0.2) is 42.6 Å². The third-order valence-corrected chi connectivity index (χ3v) is 3.90. The Morgan fingerprint density at radius 3 is 2.52 bits per heavy atom. The Balaban J connectivity index is 1.78. The van der Waals surface area contributed by atoms with Crippen LogP contribution in [0.5, 0.6) is 11.5 Å². The van der Waals surface area contributed by atoms with E-state index < -0.39 is 17.8 Å². The van der Waals surface area contributed by atoms with Crippen LogP contribution in [0.25, 0.3) is 0 Å². The molecule has 7 heteroatoms. The first-order chi connectivity index (χ1) is 12.1. The number of rotatable bonds is 3. The molecule has 0 spiro atoms. The van der Waals surface area contributed by atoms with Gasteiger partial charge in [0.1, 0.15) is 5.75 Å². The normalized spacial score (nSPS) is 14.0. The summed E-state index contributed by atoms with van der Waals surface area (Å²) in [5.41, 5.74) is -0.269. The highest BCUT2D eigenvalue weighted by atomic mass is 19.1. The van der Waals surface area contributed by atoms with E-state index in [1.807, 2.05) is 0 Å². The molecule has 2 heterocycles. The maximum absolute atomic E-state index is 14.1. The zero-order chi connectivity index (χ0) is 17.6. The molecule has 0 unspecified atom stereocenters. The standard InChI is InChI=1S/C18H18FN3O3/c19-14-9-10-20-15(16(14)25-13-7-3-1-4-8-13)17(23)21-18(24)22-11-5-2-6-12-22/h1,3-4,7-10H,2,5-6,11-12H2,(H,21,23,24). The van der Waals surface area contributed by atoms with Gasteiger partial charge in [0.25, 0.3) is 5.91 Å². The summed E-state index contributed by atoms with van der Waals surface area (Å²) in [5.74, 6) is -1.46. The van der Waals surface area contributed by atoms with E-state index in [0.29, 0.717) is 18.8 Å². The van der Waals surface area contributed by atoms with Crippen molar-refractivity contribution in [3.05, 3.63) is 54.1 Å². The highest BCUT2D eigenvalue weighted by Crippen LogP contribution is 2.27. The lowest BCUT2D eigenvalue weighted by Crippen LogP contribution is -2.45. The average molecular weight is 343 g/mol. The molecule has 0 saturated carbocycles. The Morgan fingerprint density at radius 1 is 1.08 bits per heavy atom. The maximum Gasteiger partial charge on any atom is 0.324 e. The zero-order valence-electron chi connectivity index (χ0n) is 13.6. The number of para-hydroxylation sites is 1. The third-order valence-electron chi connectivity index (χ3n) is 3.90. The summed E-state index contributed by atoms with van der Waals surface area (Å²) in [4.78, 5) is 30.0. The number of likely N-dealkylation sites (tertiary alicyclic amines) is 1. The van der Waals surface area contributed by atoms with Gasteiger partial charge in [-0.15, -0.1) is 0 Å². The molecule has 1 aliphatic rings. The summed E-state index contributed by atoms with van der Waals surface area (Å²) < 4.78 is 19.6. The molecule has 3 amide bonds. The second-order valence-electron chi connectivity index (χ2n) is 5.69. The minimum atomic E-state index is -0.791. The molecule has 2 aromatic rings. The number of hydrogen-bond acceptors (Lipinski definition) is 4. The van der Waals surface area contributed by atoms with Crippen molar-refractivity contribution in [1.29, 1.82) is 0 Å². The number of amides is 3. The molecule has 130 valence electrons. The number of imide groups is 1. The van der Waals surface area contributed by atoms with Crippen LogP contribution in [-0.2, 0) is 0 Å². The number of carbonyl (C=O) groups excluding carboxylic acids is 2. The van der Waals surface area contributed by atoms with Crippen LogP contribution in [-0.4, -0.2) is 34.9 Å². The number of ether oxygens (including phenoxy) is 1. The van der Waals surface area contributed by atoms with Gasteiger partial charge >= 0.3 is 6.03 Å². The number of pyridine rings is 1. The first-order valence-corrected chi connectivity index (χ1v) is 8.13. The van der Waals surface area contributed by atoms with Crippen LogP contribution < -0.4 is 10.1 Å². The molecule has 0 bridgehead atoms. The van der Waals surface area contributed by atoms with Gasteiger partial charge in [0, 0.05) is 19.3 Å². The number of benzene rings is 1. The van der Waals surface area contributed by atoms with Crippen molar-refractivity contribution < 1.29 is 18.7 Å². The molecule has 0 atom stereocenters. The summed E-state index contributed by atoms with van der Waals surface area (Å²) in [7, 11) is 0. The van der Waals surface area contributed by atoms with Crippen molar-refractivity contribution in [3.8, 4) is 11.5 Å². The Hall–Kier alpha value is -2.96. The van der Waals surface area contributed by atoms with E-state index in [4.69, 9.17) is 4.74 Å². The Morgan fingerprint density at radius 2 is 1.80 bits per heavy atom. The molecular formula is C18H18FN3O3. The van der Waals surface area contributed by atoms with Crippen LogP contribution in [0.3, 0.4) is 0 Å². The van der Waals surface area contributed by atoms with Crippen LogP contribution >= 0.6 is 0 Å². The second kappa shape index (κ2) is 7.74. The van der Waals surface area contributed by atoms with E-state index in [0.717, 1.165) is 31.5 Å². The zero-order valence-corrected chi connectivity index (χ0v) is 13.6. The van der Waals surface area contributed by atoms with Gasteiger partial charge in [-0.05, 0) is 37.5 Å². The van der Waals surface area contributed by atoms with Gasteiger partial charge in [0.05, 0.1) is 0 Å². The quantitative estimate of drug-likeness (QED) is 0.928. The van der Waals surface area contributed by atoms with E-state index >= 15 is 0 Å². The topological polar surface area (TPSA) is 71.5 Å². The Bertz CT molecular complexity index is 761. The molecular weight excluding hydrogens is 325 g/mol. The number of nitrogens with zero attached hydrogens (tertiary/aromatic N) is 2. The molecule has 6 nitrogen and oxygen atoms in total. The van der Waals surface area contributed by atoms with Gasteiger partial charge in [-0.1, -0.05) is 18.2 Å². The SMILES string of the molecule is O=C(NC(=O)N1CCCCC1)c1nccc(F)c1Oc1ccccc1. The lowest BCUT2D eigenvalue weighted by molar-refractivity contribution is 0.0940. The van der Waals surface area contributed by atoms with Gasteiger partial charge < -0.3 is 9.64 Å². The monoisotopic (exact) mass is 343 g/mol. The molecule has 1 aromatic heterocycles. The maximum atomic E-state index is 14.1. The smallest absolute Gasteiger partial charge is 0.324 e. The molecule has 3 rings (SSSR count). The first-order valence-electron chi connectivity index (χ1n) is 8.13. The van der Waals surface area contributed by atoms with Gasteiger partial charge in [-0.3, -0.25) is 10.1 Å². The van der Waals surface area contributed by atoms with E-state index in [9.17, 15) is 14.0 Å². The highest BCUT2D eigenvalue weighted by Gasteiger charge is 2.24. The fraction of sp³-hybridized carbons (Fsp3) is 0.278. The van der Waals surface area contributed by atoms with Crippen molar-refractivity contribution in [3.63, 3.8) is 0 Å². The summed E-state index contributed by atoms with van der Waals surface area (Å²) in [5, 5.41) is 2.26. The molecule has 1 aromatic carbocycles. The molecule has 1 aliphatic heterocycles. The first kappa shape index (κ1) is 16.9. The Kier molecular flexibility index (Phi) is 5.23. The van der Waals surface area contributed by atoms with Gasteiger partial charge in [-0.2, -0.15) is 0 Å². The Labute approximate surface area is 144 Å². The van der Waals surface area contributed by atoms with Crippen molar-refractivity contribution in [2.24, 2.45) is 0 Å². The second-order valence-corrected chi connectivity index (χ2v) is 5.69. The number of piperidine rings is 1. The lowest BCUT2D eigenvalue weighted by Gasteiger charge is -2.26. The fourth-order valence-electron chi connectivity index (χ4n) is 2.62. The number of carbonyl (C=O) groups is 2. The predicted molar refractivity (Wildman–Crippen MR) is 89.0 cm³/mol. The minimum absolute atomic E-state index is 0.269. The van der Waals surface area contributed by atoms with Crippen molar-refractivity contribution in [2.45, 2.75) is 19.3 Å². The summed E-state index contributed by atoms with van der Waals surface area (Å²) in [6.45, 7) is 1.20. The summed E-state index contributed by atoms with van der Waals surface area (Å²) >= 11 is 0. The van der Waals surface area contributed by atoms with Crippen molar-refractivity contribution >= 4 is 11.9 Å². The van der Waals surface area contributed by atoms with Crippen LogP contribution in [0.2, 0.25) is 0 Å². The summed E-state index contributed by atoms with van der Waals surface area (Å²) in [6, 6.07) is 9.10. The number of urea groups is 1. The third kappa shape index (κ3) is 4.12. The molecule has 1 fully saturated rings. The van der Waals surface area contributed by atoms with Gasteiger partial charge in [0.2, 0.25) is 0 Å². The molecule has 0 aliphatic carbocycles. The lowest BCUT2D eigenvalue weighted by atomic mass is 10.1. The molecule has 0 radical (unpaired) electrons. The highest BCUT2D eigenvalue weighted by molar-refractivity contribution is 6.04. The number of halogens is 1. The van der Waals surface area contributed by atoms with Crippen molar-refractivity contribution in [1.82, 2.24) is 15.2 Å². The number of nitrogens with one attached hydrogen (secondary N) is 1. The van der Waals surface area contributed by atoms with Crippen LogP contribution in [0, 0.1) is 5.82 Å². The van der Waals surface area contributed by atoms with Crippen LogP contribution in [0.4, 0.5) is 9.18 Å². The number of hydrogen-bond donors (Lipinski definition) is 1. The fourth-order valence-corrected chi connectivity index (χ4v) is 2.62. The largest absolute Gasteiger partial charge is 0.452 e. The minimum Gasteiger partial charge on any atom is -0.452 e. The molecule has 1 saturated heterocycles. The van der Waals surface area contributed by atoms with E-state index in [-0.39, 0.29) is 11.4 Å². The van der Waals surface area contributed by atoms with Gasteiger partial charge in [0.15, 0.2) is 17.3 Å². The number of aromatic nitrogens is 1. The molecule has 25 heavy (non-hydrogen) atoms. The van der Waals surface area contributed by atoms with Gasteiger partial charge in [-0.25, -0.2) is 14.2 Å². The average Bonchev–Trinajstić information content (AvgIpc) is 2.65. The predicted octanol–water partition coefficient (Wildman–Crippen LogP) is 3.35. The van der Waals surface area contributed by atoms with E-state index in [1.165, 1.54) is 0 Å². The van der Waals surface area contributed by atoms with E-state index in [1.54, 1.807) is 35.2 Å². The van der Waals surface area contributed by atoms with E-state index in [2.05, 4.69) is 10.3 Å². The summed E-state index contributed by atoms with van der Waals surface area (Å²) in [6.07, 6.45) is 4.04. The van der Waals surface area contributed by atoms with Crippen LogP contribution in [0.1, 0.15) is 29.8 Å². The van der Waals surface area contributed by atoms with Crippen molar-refractivity contribution in [2.75, 3.05) is 13.1 Å².